The van der Waals surface area contributed by atoms with E-state index in [0.29, 0.717) is 16.7 Å². The summed E-state index contributed by atoms with van der Waals surface area (Å²) in [6.07, 6.45) is 6.36. The first-order valence-electron chi connectivity index (χ1n) is 7.27. The van der Waals surface area contributed by atoms with Crippen LogP contribution in [-0.2, 0) is 6.61 Å². The van der Waals surface area contributed by atoms with Gasteiger partial charge in [0.05, 0.1) is 11.5 Å². The van der Waals surface area contributed by atoms with Crippen LogP contribution in [0.25, 0.3) is 0 Å². The summed E-state index contributed by atoms with van der Waals surface area (Å²) in [5.41, 5.74) is 1.69. The van der Waals surface area contributed by atoms with Crippen LogP contribution < -0.4 is 5.32 Å². The van der Waals surface area contributed by atoms with E-state index in [4.69, 9.17) is 0 Å². The summed E-state index contributed by atoms with van der Waals surface area (Å²) in [6.45, 7) is 0.716. The van der Waals surface area contributed by atoms with E-state index >= 15 is 0 Å². The maximum absolute atomic E-state index is 11.1. The van der Waals surface area contributed by atoms with Crippen LogP contribution in [0.1, 0.15) is 37.7 Å². The Kier molecular flexibility index (Phi) is 3.38. The van der Waals surface area contributed by atoms with Crippen LogP contribution in [0.15, 0.2) is 18.2 Å². The molecule has 5 heteroatoms. The lowest BCUT2D eigenvalue weighted by atomic mass is 9.65. The Bertz CT molecular complexity index is 522. The van der Waals surface area contributed by atoms with Crippen molar-refractivity contribution in [3.8, 4) is 0 Å². The maximum Gasteiger partial charge on any atom is 0.292 e. The number of anilines is 1. The molecule has 2 aliphatic carbocycles. The fourth-order valence-corrected chi connectivity index (χ4v) is 3.31. The fraction of sp³-hybridized carbons (Fsp3) is 0.600. The lowest BCUT2D eigenvalue weighted by Gasteiger charge is -2.43. The maximum atomic E-state index is 11.1. The van der Waals surface area contributed by atoms with Crippen molar-refractivity contribution < 1.29 is 10.0 Å². The molecule has 0 bridgehead atoms. The van der Waals surface area contributed by atoms with Crippen LogP contribution in [0.2, 0.25) is 0 Å². The molecule has 5 nitrogen and oxygen atoms in total. The molecule has 2 aliphatic rings. The van der Waals surface area contributed by atoms with Crippen LogP contribution in [-0.4, -0.2) is 16.6 Å². The van der Waals surface area contributed by atoms with Gasteiger partial charge in [-0.25, -0.2) is 0 Å². The molecule has 0 spiro atoms. The SMILES string of the molecule is O=[N+]([O-])c1ccc(CO)cc1NCC1(C2CC2)CCC1. The van der Waals surface area contributed by atoms with Gasteiger partial charge in [-0.15, -0.1) is 0 Å². The minimum absolute atomic E-state index is 0.0903. The highest BCUT2D eigenvalue weighted by Crippen LogP contribution is 2.57. The largest absolute Gasteiger partial charge is 0.392 e. The van der Waals surface area contributed by atoms with Crippen molar-refractivity contribution in [2.24, 2.45) is 11.3 Å². The average molecular weight is 276 g/mol. The number of nitro benzene ring substituents is 1. The number of rotatable bonds is 6. The molecule has 0 aromatic heterocycles. The third-order valence-corrected chi connectivity index (χ3v) is 4.86. The van der Waals surface area contributed by atoms with Crippen LogP contribution in [0.3, 0.4) is 0 Å². The topological polar surface area (TPSA) is 75.4 Å². The first kappa shape index (κ1) is 13.4. The van der Waals surface area contributed by atoms with Crippen molar-refractivity contribution in [1.29, 1.82) is 0 Å². The number of nitrogens with zero attached hydrogens (tertiary/aromatic N) is 1. The van der Waals surface area contributed by atoms with Gasteiger partial charge in [0.15, 0.2) is 0 Å². The summed E-state index contributed by atoms with van der Waals surface area (Å²) in [7, 11) is 0. The van der Waals surface area contributed by atoms with E-state index in [1.54, 1.807) is 12.1 Å². The van der Waals surface area contributed by atoms with Gasteiger partial charge in [0.2, 0.25) is 0 Å². The predicted octanol–water partition coefficient (Wildman–Crippen LogP) is 3.08. The average Bonchev–Trinajstić information content (AvgIpc) is 3.22. The molecule has 3 rings (SSSR count). The molecule has 0 amide bonds. The second-order valence-corrected chi connectivity index (χ2v) is 6.11. The lowest BCUT2D eigenvalue weighted by Crippen LogP contribution is -2.38. The number of hydrogen-bond donors (Lipinski definition) is 2. The summed E-state index contributed by atoms with van der Waals surface area (Å²) >= 11 is 0. The van der Waals surface area contributed by atoms with E-state index < -0.39 is 0 Å². The number of nitrogens with one attached hydrogen (secondary N) is 1. The molecule has 2 saturated carbocycles. The number of aliphatic hydroxyl groups is 1. The molecule has 2 N–H and O–H groups in total. The van der Waals surface area contributed by atoms with Crippen LogP contribution in [0.5, 0.6) is 0 Å². The molecular weight excluding hydrogens is 256 g/mol. The second-order valence-electron chi connectivity index (χ2n) is 6.11. The first-order valence-corrected chi connectivity index (χ1v) is 7.27. The number of hydrogen-bond acceptors (Lipinski definition) is 4. The molecule has 20 heavy (non-hydrogen) atoms. The van der Waals surface area contributed by atoms with Crippen molar-refractivity contribution in [3.05, 3.63) is 33.9 Å². The standard InChI is InChI=1S/C15H20N2O3/c18-9-11-2-5-14(17(19)20)13(8-11)16-10-15(6-1-7-15)12-3-4-12/h2,5,8,12,16,18H,1,3-4,6-7,9-10H2. The van der Waals surface area contributed by atoms with E-state index in [1.165, 1.54) is 38.2 Å². The van der Waals surface area contributed by atoms with E-state index in [9.17, 15) is 15.2 Å². The monoisotopic (exact) mass is 276 g/mol. The molecular formula is C15H20N2O3. The molecule has 0 aliphatic heterocycles. The quantitative estimate of drug-likeness (QED) is 0.618. The highest BCUT2D eigenvalue weighted by molar-refractivity contribution is 5.62. The zero-order chi connectivity index (χ0) is 14.2. The summed E-state index contributed by atoms with van der Waals surface area (Å²) in [4.78, 5) is 10.7. The molecule has 108 valence electrons. The lowest BCUT2D eigenvalue weighted by molar-refractivity contribution is -0.384. The molecule has 1 aromatic rings. The Hall–Kier alpha value is -1.62. The van der Waals surface area contributed by atoms with Crippen molar-refractivity contribution in [2.75, 3.05) is 11.9 Å². The van der Waals surface area contributed by atoms with Gasteiger partial charge < -0.3 is 10.4 Å². The zero-order valence-electron chi connectivity index (χ0n) is 11.5. The minimum atomic E-state index is -0.367. The van der Waals surface area contributed by atoms with Gasteiger partial charge in [-0.2, -0.15) is 0 Å². The second kappa shape index (κ2) is 5.05. The van der Waals surface area contributed by atoms with Gasteiger partial charge in [-0.1, -0.05) is 6.42 Å². The number of nitro groups is 1. The van der Waals surface area contributed by atoms with Gasteiger partial charge in [-0.3, -0.25) is 10.1 Å². The molecule has 1 aromatic carbocycles. The van der Waals surface area contributed by atoms with Gasteiger partial charge >= 0.3 is 0 Å². The Balaban J connectivity index is 1.76. The highest BCUT2D eigenvalue weighted by Gasteiger charge is 2.48. The van der Waals surface area contributed by atoms with Gasteiger partial charge in [0, 0.05) is 12.6 Å². The normalized spacial score (nSPS) is 20.2. The van der Waals surface area contributed by atoms with E-state index in [0.717, 1.165) is 12.5 Å². The summed E-state index contributed by atoms with van der Waals surface area (Å²) in [5, 5.41) is 23.5. The molecule has 0 unspecified atom stereocenters. The molecule has 0 saturated heterocycles. The first-order chi connectivity index (χ1) is 9.64. The minimum Gasteiger partial charge on any atom is -0.392 e. The smallest absolute Gasteiger partial charge is 0.292 e. The van der Waals surface area contributed by atoms with Gasteiger partial charge in [-0.05, 0) is 54.7 Å². The molecule has 0 heterocycles. The third kappa shape index (κ3) is 2.38. The fourth-order valence-electron chi connectivity index (χ4n) is 3.31. The summed E-state index contributed by atoms with van der Waals surface area (Å²) in [6, 6.07) is 4.76. The molecule has 0 atom stereocenters. The predicted molar refractivity (Wildman–Crippen MR) is 76.5 cm³/mol. The highest BCUT2D eigenvalue weighted by atomic mass is 16.6. The Labute approximate surface area is 118 Å². The molecule has 0 radical (unpaired) electrons. The van der Waals surface area contributed by atoms with Crippen LogP contribution >= 0.6 is 0 Å². The van der Waals surface area contributed by atoms with Crippen molar-refractivity contribution in [1.82, 2.24) is 0 Å². The van der Waals surface area contributed by atoms with Crippen LogP contribution in [0, 0.1) is 21.4 Å². The van der Waals surface area contributed by atoms with E-state index in [2.05, 4.69) is 5.32 Å². The number of aliphatic hydroxyl groups excluding tert-OH is 1. The van der Waals surface area contributed by atoms with Crippen molar-refractivity contribution in [2.45, 2.75) is 38.7 Å². The van der Waals surface area contributed by atoms with E-state index in [1.807, 2.05) is 0 Å². The van der Waals surface area contributed by atoms with Crippen molar-refractivity contribution >= 4 is 11.4 Å². The number of benzene rings is 1. The van der Waals surface area contributed by atoms with Gasteiger partial charge in [0.25, 0.3) is 5.69 Å². The third-order valence-electron chi connectivity index (χ3n) is 4.86. The zero-order valence-corrected chi connectivity index (χ0v) is 11.5. The summed E-state index contributed by atoms with van der Waals surface area (Å²) < 4.78 is 0. The molecule has 2 fully saturated rings. The van der Waals surface area contributed by atoms with Gasteiger partial charge in [0.1, 0.15) is 5.69 Å². The Morgan fingerprint density at radius 1 is 1.40 bits per heavy atom. The Morgan fingerprint density at radius 3 is 2.65 bits per heavy atom. The summed E-state index contributed by atoms with van der Waals surface area (Å²) in [5.74, 6) is 0.809. The van der Waals surface area contributed by atoms with E-state index in [-0.39, 0.29) is 17.2 Å². The Morgan fingerprint density at radius 2 is 2.15 bits per heavy atom. The van der Waals surface area contributed by atoms with Crippen LogP contribution in [0.4, 0.5) is 11.4 Å². The van der Waals surface area contributed by atoms with Crippen molar-refractivity contribution in [3.63, 3.8) is 0 Å².